The first-order valence-corrected chi connectivity index (χ1v) is 12.0. The summed E-state index contributed by atoms with van der Waals surface area (Å²) >= 11 is 0. The number of aryl methyl sites for hydroxylation is 2. The maximum absolute atomic E-state index is 12.7. The lowest BCUT2D eigenvalue weighted by Crippen LogP contribution is -2.42. The fourth-order valence-corrected chi connectivity index (χ4v) is 4.82. The van der Waals surface area contributed by atoms with Gasteiger partial charge in [0, 0.05) is 12.0 Å². The lowest BCUT2D eigenvalue weighted by atomic mass is 10.0. The lowest BCUT2D eigenvalue weighted by molar-refractivity contribution is -0.139. The van der Waals surface area contributed by atoms with Gasteiger partial charge in [-0.25, -0.2) is 4.79 Å². The first-order valence-electron chi connectivity index (χ1n) is 10.2. The van der Waals surface area contributed by atoms with Crippen molar-refractivity contribution in [2.45, 2.75) is 46.3 Å². The maximum Gasteiger partial charge on any atom is 0.335 e. The molecule has 168 valence electrons. The number of benzene rings is 2. The minimum atomic E-state index is -3.24. The van der Waals surface area contributed by atoms with Gasteiger partial charge < -0.3 is 19.5 Å². The molecule has 2 N–H and O–H groups in total. The molecular weight excluding hydrogens is 417 g/mol. The highest BCUT2D eigenvalue weighted by Crippen LogP contribution is 2.51. The Balaban J connectivity index is 2.08. The minimum absolute atomic E-state index is 0.0983. The van der Waals surface area contributed by atoms with Crippen molar-refractivity contribution in [3.8, 4) is 0 Å². The molecule has 8 heteroatoms. The lowest BCUT2D eigenvalue weighted by Gasteiger charge is -2.17. The summed E-state index contributed by atoms with van der Waals surface area (Å²) in [4.78, 5) is 24.3. The molecule has 1 atom stereocenters. The summed E-state index contributed by atoms with van der Waals surface area (Å²) in [6.07, 6.45) is 0.285. The second kappa shape index (κ2) is 11.2. The van der Waals surface area contributed by atoms with Gasteiger partial charge in [0.25, 0.3) is 5.91 Å². The quantitative estimate of drug-likeness (QED) is 0.492. The number of nitrogens with one attached hydrogen (secondary N) is 1. The molecule has 0 saturated heterocycles. The van der Waals surface area contributed by atoms with Crippen molar-refractivity contribution in [2.24, 2.45) is 0 Å². The number of carbonyl (C=O) groups is 2. The summed E-state index contributed by atoms with van der Waals surface area (Å²) < 4.78 is 23.2. The largest absolute Gasteiger partial charge is 0.480 e. The number of aliphatic carboxylic acids is 1. The predicted molar refractivity (Wildman–Crippen MR) is 120 cm³/mol. The van der Waals surface area contributed by atoms with E-state index in [2.05, 4.69) is 5.32 Å². The summed E-state index contributed by atoms with van der Waals surface area (Å²) in [6, 6.07) is 11.2. The molecule has 0 aliphatic heterocycles. The average molecular weight is 447 g/mol. The maximum atomic E-state index is 12.7. The van der Waals surface area contributed by atoms with Crippen LogP contribution in [-0.2, 0) is 31.0 Å². The first kappa shape index (κ1) is 24.8. The van der Waals surface area contributed by atoms with Gasteiger partial charge >= 0.3 is 13.6 Å². The van der Waals surface area contributed by atoms with Crippen LogP contribution in [0.2, 0.25) is 0 Å². The second-order valence-corrected chi connectivity index (χ2v) is 9.34. The van der Waals surface area contributed by atoms with Crippen LogP contribution in [0.25, 0.3) is 0 Å². The summed E-state index contributed by atoms with van der Waals surface area (Å²) in [5.74, 6) is -1.59. The standard InChI is InChI=1S/C23H30NO6P/c1-5-29-31(28,30-6-2)15-18-9-11-20(12-10-18)22(25)24-21(23(26)27)14-19-8-7-16(3)17(4)13-19/h7-13,21H,5-6,14-15H2,1-4H3,(H,24,25)(H,26,27)/t21-/m1/s1. The van der Waals surface area contributed by atoms with E-state index in [0.717, 1.165) is 16.7 Å². The van der Waals surface area contributed by atoms with E-state index in [0.29, 0.717) is 11.1 Å². The smallest absolute Gasteiger partial charge is 0.335 e. The van der Waals surface area contributed by atoms with E-state index in [1.807, 2.05) is 32.0 Å². The molecule has 0 aromatic heterocycles. The topological polar surface area (TPSA) is 102 Å². The Morgan fingerprint density at radius 2 is 1.55 bits per heavy atom. The van der Waals surface area contributed by atoms with Gasteiger partial charge in [-0.15, -0.1) is 0 Å². The Bertz CT molecular complexity index is 947. The van der Waals surface area contributed by atoms with Crippen LogP contribution < -0.4 is 5.32 Å². The van der Waals surface area contributed by atoms with Gasteiger partial charge in [-0.05, 0) is 62.1 Å². The molecule has 0 fully saturated rings. The second-order valence-electron chi connectivity index (χ2n) is 7.29. The molecule has 0 aliphatic carbocycles. The first-order chi connectivity index (χ1) is 14.7. The van der Waals surface area contributed by atoms with Gasteiger partial charge in [0.2, 0.25) is 0 Å². The molecule has 0 spiro atoms. The zero-order valence-electron chi connectivity index (χ0n) is 18.4. The molecule has 2 aromatic carbocycles. The molecule has 1 amide bonds. The molecule has 0 radical (unpaired) electrons. The fourth-order valence-electron chi connectivity index (χ4n) is 3.11. The van der Waals surface area contributed by atoms with Crippen LogP contribution in [0.15, 0.2) is 42.5 Å². The molecule has 2 rings (SSSR count). The van der Waals surface area contributed by atoms with Crippen LogP contribution in [0.4, 0.5) is 0 Å². The Kier molecular flexibility index (Phi) is 8.99. The van der Waals surface area contributed by atoms with Crippen LogP contribution in [0, 0.1) is 13.8 Å². The van der Waals surface area contributed by atoms with Crippen LogP contribution in [-0.4, -0.2) is 36.2 Å². The van der Waals surface area contributed by atoms with Gasteiger partial charge in [0.1, 0.15) is 6.04 Å². The number of rotatable bonds is 11. The van der Waals surface area contributed by atoms with Crippen molar-refractivity contribution < 1.29 is 28.3 Å². The molecule has 0 saturated carbocycles. The Morgan fingerprint density at radius 1 is 0.968 bits per heavy atom. The molecule has 0 unspecified atom stereocenters. The normalized spacial score (nSPS) is 12.4. The van der Waals surface area contributed by atoms with E-state index in [1.54, 1.807) is 38.1 Å². The van der Waals surface area contributed by atoms with Crippen molar-refractivity contribution in [1.82, 2.24) is 5.32 Å². The number of amides is 1. The van der Waals surface area contributed by atoms with E-state index in [1.165, 1.54) is 0 Å². The van der Waals surface area contributed by atoms with Gasteiger partial charge in [-0.1, -0.05) is 30.3 Å². The third-order valence-electron chi connectivity index (χ3n) is 4.86. The highest BCUT2D eigenvalue weighted by Gasteiger charge is 2.25. The Hall–Kier alpha value is -2.47. The minimum Gasteiger partial charge on any atom is -0.480 e. The van der Waals surface area contributed by atoms with Gasteiger partial charge in [0.15, 0.2) is 0 Å². The summed E-state index contributed by atoms with van der Waals surface area (Å²) in [5, 5.41) is 12.1. The molecule has 2 aromatic rings. The average Bonchev–Trinajstić information content (AvgIpc) is 2.70. The third-order valence-corrected chi connectivity index (χ3v) is 6.91. The Labute approximate surface area is 183 Å². The number of hydrogen-bond acceptors (Lipinski definition) is 5. The SMILES string of the molecule is CCOP(=O)(Cc1ccc(C(=O)N[C@H](Cc2ccc(C)c(C)c2)C(=O)O)cc1)OCC. The van der Waals surface area contributed by atoms with Crippen LogP contribution in [0.1, 0.15) is 46.5 Å². The summed E-state index contributed by atoms with van der Waals surface area (Å²) in [6.45, 7) is 7.99. The van der Waals surface area contributed by atoms with Crippen LogP contribution in [0.3, 0.4) is 0 Å². The summed E-state index contributed by atoms with van der Waals surface area (Å²) in [5.41, 5.74) is 4.05. The van der Waals surface area contributed by atoms with E-state index in [9.17, 15) is 19.3 Å². The number of carbonyl (C=O) groups excluding carboxylic acids is 1. The monoisotopic (exact) mass is 447 g/mol. The predicted octanol–water partition coefficient (Wildman–Crippen LogP) is 4.50. The van der Waals surface area contributed by atoms with E-state index in [4.69, 9.17) is 9.05 Å². The molecule has 0 heterocycles. The van der Waals surface area contributed by atoms with Crippen molar-refractivity contribution in [2.75, 3.05) is 13.2 Å². The molecular formula is C23H30NO6P. The van der Waals surface area contributed by atoms with Gasteiger partial charge in [-0.2, -0.15) is 0 Å². The molecule has 31 heavy (non-hydrogen) atoms. The van der Waals surface area contributed by atoms with Crippen LogP contribution >= 0.6 is 7.60 Å². The Morgan fingerprint density at radius 3 is 2.06 bits per heavy atom. The van der Waals surface area contributed by atoms with Gasteiger partial charge in [0.05, 0.1) is 19.4 Å². The van der Waals surface area contributed by atoms with Crippen LogP contribution in [0.5, 0.6) is 0 Å². The number of carboxylic acids is 1. The van der Waals surface area contributed by atoms with Crippen molar-refractivity contribution in [3.63, 3.8) is 0 Å². The third kappa shape index (κ3) is 7.31. The van der Waals surface area contributed by atoms with Gasteiger partial charge in [-0.3, -0.25) is 9.36 Å². The zero-order chi connectivity index (χ0) is 23.0. The molecule has 7 nitrogen and oxygen atoms in total. The fraction of sp³-hybridized carbons (Fsp3) is 0.391. The molecule has 0 aliphatic rings. The highest BCUT2D eigenvalue weighted by atomic mass is 31.2. The molecule has 0 bridgehead atoms. The van der Waals surface area contributed by atoms with E-state index in [-0.39, 0.29) is 25.8 Å². The van der Waals surface area contributed by atoms with Crippen molar-refractivity contribution in [3.05, 3.63) is 70.3 Å². The van der Waals surface area contributed by atoms with Crippen molar-refractivity contribution >= 4 is 19.5 Å². The van der Waals surface area contributed by atoms with E-state index < -0.39 is 25.5 Å². The number of hydrogen-bond donors (Lipinski definition) is 2. The van der Waals surface area contributed by atoms with Crippen molar-refractivity contribution in [1.29, 1.82) is 0 Å². The summed E-state index contributed by atoms with van der Waals surface area (Å²) in [7, 11) is -3.24. The number of carboxylic acid groups (broad SMARTS) is 1. The highest BCUT2D eigenvalue weighted by molar-refractivity contribution is 7.53. The zero-order valence-corrected chi connectivity index (χ0v) is 19.3. The van der Waals surface area contributed by atoms with E-state index >= 15 is 0 Å².